The van der Waals surface area contributed by atoms with Gasteiger partial charge in [0.1, 0.15) is 5.00 Å². The summed E-state index contributed by atoms with van der Waals surface area (Å²) in [7, 11) is 0. The van der Waals surface area contributed by atoms with Gasteiger partial charge in [-0.25, -0.2) is 9.59 Å². The number of esters is 2. The number of carbonyl (C=O) groups excluding carboxylic acids is 3. The highest BCUT2D eigenvalue weighted by molar-refractivity contribution is 7.17. The van der Waals surface area contributed by atoms with Crippen molar-refractivity contribution in [2.75, 3.05) is 11.9 Å². The van der Waals surface area contributed by atoms with Gasteiger partial charge in [0.15, 0.2) is 5.76 Å². The van der Waals surface area contributed by atoms with Crippen molar-refractivity contribution in [3.63, 3.8) is 0 Å². The molecule has 0 bridgehead atoms. The van der Waals surface area contributed by atoms with Gasteiger partial charge in [0.05, 0.1) is 18.4 Å². The molecule has 8 heteroatoms. The van der Waals surface area contributed by atoms with Gasteiger partial charge in [0.25, 0.3) is 5.91 Å². The van der Waals surface area contributed by atoms with Gasteiger partial charge in [0, 0.05) is 11.3 Å². The third kappa shape index (κ3) is 2.93. The Morgan fingerprint density at radius 2 is 2.20 bits per heavy atom. The highest BCUT2D eigenvalue weighted by atomic mass is 32.1. The Morgan fingerprint density at radius 3 is 2.92 bits per heavy atom. The molecular formula is C17H15NO6S. The van der Waals surface area contributed by atoms with E-state index < -0.39 is 23.9 Å². The van der Waals surface area contributed by atoms with Crippen molar-refractivity contribution < 1.29 is 28.3 Å². The lowest BCUT2D eigenvalue weighted by Crippen LogP contribution is -2.24. The predicted octanol–water partition coefficient (Wildman–Crippen LogP) is 2.55. The summed E-state index contributed by atoms with van der Waals surface area (Å²) in [4.78, 5) is 37.5. The van der Waals surface area contributed by atoms with E-state index in [0.29, 0.717) is 17.0 Å². The molecule has 1 amide bonds. The fourth-order valence-electron chi connectivity index (χ4n) is 3.05. The van der Waals surface area contributed by atoms with Crippen LogP contribution in [0.5, 0.6) is 0 Å². The molecule has 1 saturated heterocycles. The maximum absolute atomic E-state index is 12.7. The number of anilines is 1. The molecule has 2 aliphatic rings. The van der Waals surface area contributed by atoms with Gasteiger partial charge in [-0.1, -0.05) is 0 Å². The summed E-state index contributed by atoms with van der Waals surface area (Å²) in [6.07, 6.45) is 3.46. The largest absolute Gasteiger partial charge is 0.463 e. The zero-order chi connectivity index (χ0) is 17.4. The summed E-state index contributed by atoms with van der Waals surface area (Å²) in [5, 5.41) is 3.16. The summed E-state index contributed by atoms with van der Waals surface area (Å²) in [5.74, 6) is -1.40. The summed E-state index contributed by atoms with van der Waals surface area (Å²) in [5.41, 5.74) is 1.24. The van der Waals surface area contributed by atoms with E-state index in [2.05, 4.69) is 5.32 Å². The van der Waals surface area contributed by atoms with Crippen molar-refractivity contribution in [2.24, 2.45) is 0 Å². The number of carbonyl (C=O) groups is 3. The number of amides is 1. The predicted molar refractivity (Wildman–Crippen MR) is 87.8 cm³/mol. The molecule has 1 aliphatic carbocycles. The minimum atomic E-state index is -0.877. The fourth-order valence-corrected chi connectivity index (χ4v) is 4.33. The maximum Gasteiger partial charge on any atom is 0.347 e. The van der Waals surface area contributed by atoms with Crippen LogP contribution in [-0.4, -0.2) is 30.6 Å². The third-order valence-corrected chi connectivity index (χ3v) is 5.44. The standard InChI is InChI=1S/C17H15NO6S/c19-14(10-4-2-7-22-10)18-15-13(9-3-1-5-12(9)25-15)17(21)24-11-6-8-23-16(11)20/h2,4,7,11H,1,3,5-6,8H2,(H,18,19). The molecule has 1 aliphatic heterocycles. The average molecular weight is 361 g/mol. The average Bonchev–Trinajstić information content (AvgIpc) is 3.32. The summed E-state index contributed by atoms with van der Waals surface area (Å²) in [6.45, 7) is 0.251. The number of furan rings is 1. The topological polar surface area (TPSA) is 94.8 Å². The van der Waals surface area contributed by atoms with Crippen molar-refractivity contribution in [1.82, 2.24) is 0 Å². The minimum Gasteiger partial charge on any atom is -0.463 e. The molecule has 1 N–H and O–H groups in total. The lowest BCUT2D eigenvalue weighted by molar-refractivity contribution is -0.145. The molecule has 7 nitrogen and oxygen atoms in total. The first-order valence-corrected chi connectivity index (χ1v) is 8.82. The Balaban J connectivity index is 1.60. The number of aryl methyl sites for hydroxylation is 1. The lowest BCUT2D eigenvalue weighted by Gasteiger charge is -2.10. The molecule has 0 radical (unpaired) electrons. The van der Waals surface area contributed by atoms with E-state index in [9.17, 15) is 14.4 Å². The van der Waals surface area contributed by atoms with E-state index >= 15 is 0 Å². The highest BCUT2D eigenvalue weighted by Gasteiger charge is 2.34. The monoisotopic (exact) mass is 361 g/mol. The van der Waals surface area contributed by atoms with Crippen LogP contribution in [0.25, 0.3) is 0 Å². The van der Waals surface area contributed by atoms with Crippen LogP contribution in [-0.2, 0) is 27.1 Å². The SMILES string of the molecule is O=C(Nc1sc2c(c1C(=O)OC1CCOC1=O)CCC2)c1ccco1. The summed E-state index contributed by atoms with van der Waals surface area (Å²) in [6, 6.07) is 3.16. The molecule has 2 aromatic rings. The van der Waals surface area contributed by atoms with Gasteiger partial charge < -0.3 is 19.2 Å². The zero-order valence-electron chi connectivity index (χ0n) is 13.2. The van der Waals surface area contributed by atoms with Crippen molar-refractivity contribution in [2.45, 2.75) is 31.8 Å². The van der Waals surface area contributed by atoms with Crippen molar-refractivity contribution in [1.29, 1.82) is 0 Å². The van der Waals surface area contributed by atoms with E-state index in [-0.39, 0.29) is 12.4 Å². The second kappa shape index (κ2) is 6.36. The molecule has 3 heterocycles. The maximum atomic E-state index is 12.7. The Labute approximate surface area is 146 Å². The van der Waals surface area contributed by atoms with E-state index in [1.807, 2.05) is 0 Å². The Hall–Kier alpha value is -2.61. The van der Waals surface area contributed by atoms with Crippen LogP contribution in [0.3, 0.4) is 0 Å². The summed E-state index contributed by atoms with van der Waals surface area (Å²) < 4.78 is 15.2. The van der Waals surface area contributed by atoms with Gasteiger partial charge in [-0.15, -0.1) is 11.3 Å². The quantitative estimate of drug-likeness (QED) is 0.841. The molecule has 1 unspecified atom stereocenters. The molecule has 1 fully saturated rings. The van der Waals surface area contributed by atoms with Gasteiger partial charge in [-0.2, -0.15) is 0 Å². The van der Waals surface area contributed by atoms with Gasteiger partial charge in [-0.05, 0) is 37.0 Å². The number of hydrogen-bond donors (Lipinski definition) is 1. The number of thiophene rings is 1. The molecule has 130 valence electrons. The Kier molecular flexibility index (Phi) is 4.04. The molecular weight excluding hydrogens is 346 g/mol. The molecule has 0 aromatic carbocycles. The van der Waals surface area contributed by atoms with Crippen molar-refractivity contribution in [3.8, 4) is 0 Å². The molecule has 0 saturated carbocycles. The van der Waals surface area contributed by atoms with Crippen LogP contribution in [0.4, 0.5) is 5.00 Å². The molecule has 4 rings (SSSR count). The number of cyclic esters (lactones) is 1. The molecule has 25 heavy (non-hydrogen) atoms. The number of hydrogen-bond acceptors (Lipinski definition) is 7. The van der Waals surface area contributed by atoms with Crippen LogP contribution in [0.15, 0.2) is 22.8 Å². The first-order valence-electron chi connectivity index (χ1n) is 8.00. The van der Waals surface area contributed by atoms with Crippen LogP contribution in [0, 0.1) is 0 Å². The number of nitrogens with one attached hydrogen (secondary N) is 1. The number of fused-ring (bicyclic) bond motifs is 1. The summed E-state index contributed by atoms with van der Waals surface area (Å²) >= 11 is 1.37. The normalized spacial score (nSPS) is 18.7. The van der Waals surface area contributed by atoms with Crippen LogP contribution in [0.1, 0.15) is 44.2 Å². The highest BCUT2D eigenvalue weighted by Crippen LogP contribution is 2.40. The number of rotatable bonds is 4. The third-order valence-electron chi connectivity index (χ3n) is 4.23. The molecule has 2 aromatic heterocycles. The van der Waals surface area contributed by atoms with Gasteiger partial charge in [-0.3, -0.25) is 4.79 Å². The number of ether oxygens (including phenoxy) is 2. The second-order valence-electron chi connectivity index (χ2n) is 5.84. The first kappa shape index (κ1) is 15.9. The van der Waals surface area contributed by atoms with Crippen molar-refractivity contribution >= 4 is 34.2 Å². The van der Waals surface area contributed by atoms with Crippen LogP contribution >= 0.6 is 11.3 Å². The second-order valence-corrected chi connectivity index (χ2v) is 6.95. The van der Waals surface area contributed by atoms with Gasteiger partial charge >= 0.3 is 11.9 Å². The zero-order valence-corrected chi connectivity index (χ0v) is 14.0. The van der Waals surface area contributed by atoms with E-state index in [4.69, 9.17) is 13.9 Å². The lowest BCUT2D eigenvalue weighted by atomic mass is 10.1. The van der Waals surface area contributed by atoms with Crippen LogP contribution < -0.4 is 5.32 Å². The fraction of sp³-hybridized carbons (Fsp3) is 0.353. The van der Waals surface area contributed by atoms with E-state index in [1.54, 1.807) is 12.1 Å². The Bertz CT molecular complexity index is 838. The van der Waals surface area contributed by atoms with E-state index in [1.165, 1.54) is 17.6 Å². The first-order chi connectivity index (χ1) is 12.1. The van der Waals surface area contributed by atoms with E-state index in [0.717, 1.165) is 29.7 Å². The van der Waals surface area contributed by atoms with Crippen LogP contribution in [0.2, 0.25) is 0 Å². The van der Waals surface area contributed by atoms with Crippen molar-refractivity contribution in [3.05, 3.63) is 40.2 Å². The molecule has 1 atom stereocenters. The minimum absolute atomic E-state index is 0.159. The molecule has 0 spiro atoms. The Morgan fingerprint density at radius 1 is 1.32 bits per heavy atom. The van der Waals surface area contributed by atoms with Gasteiger partial charge in [0.2, 0.25) is 6.10 Å². The smallest absolute Gasteiger partial charge is 0.347 e.